The summed E-state index contributed by atoms with van der Waals surface area (Å²) >= 11 is 0. The minimum Gasteiger partial charge on any atom is -0.306 e. The molecule has 1 fully saturated rings. The minimum absolute atomic E-state index is 0.213. The Bertz CT molecular complexity index is 784. The van der Waals surface area contributed by atoms with E-state index in [-0.39, 0.29) is 10.6 Å². The first-order chi connectivity index (χ1) is 9.46. The van der Waals surface area contributed by atoms with E-state index in [1.165, 1.54) is 16.4 Å². The van der Waals surface area contributed by atoms with Gasteiger partial charge in [-0.1, -0.05) is 0 Å². The van der Waals surface area contributed by atoms with E-state index in [4.69, 9.17) is 0 Å². The first-order valence-electron chi connectivity index (χ1n) is 6.37. The third-order valence-corrected chi connectivity index (χ3v) is 5.48. The second kappa shape index (κ2) is 4.72. The van der Waals surface area contributed by atoms with Crippen molar-refractivity contribution in [3.8, 4) is 0 Å². The molecule has 1 aliphatic rings. The number of H-pyrrole nitrogens is 2. The number of nitrogens with zero attached hydrogens (tertiary/aromatic N) is 2. The highest BCUT2D eigenvalue weighted by Gasteiger charge is 2.27. The van der Waals surface area contributed by atoms with Crippen LogP contribution < -0.4 is 5.69 Å². The summed E-state index contributed by atoms with van der Waals surface area (Å²) in [6.45, 7) is 2.42. The van der Waals surface area contributed by atoms with Crippen LogP contribution in [0.2, 0.25) is 0 Å². The number of hydrogen-bond donors (Lipinski definition) is 2. The number of piperazine rings is 1. The van der Waals surface area contributed by atoms with Crippen LogP contribution in [-0.4, -0.2) is 60.8 Å². The molecule has 0 aliphatic carbocycles. The topological polar surface area (TPSA) is 89.3 Å². The Morgan fingerprint density at radius 3 is 2.40 bits per heavy atom. The fraction of sp³-hybridized carbons (Fsp3) is 0.417. The molecule has 7 nitrogen and oxygen atoms in total. The van der Waals surface area contributed by atoms with Gasteiger partial charge in [-0.2, -0.15) is 4.31 Å². The summed E-state index contributed by atoms with van der Waals surface area (Å²) < 4.78 is 26.6. The highest BCUT2D eigenvalue weighted by Crippen LogP contribution is 2.20. The second-order valence-electron chi connectivity index (χ2n) is 4.99. The van der Waals surface area contributed by atoms with Gasteiger partial charge in [-0.3, -0.25) is 0 Å². The van der Waals surface area contributed by atoms with Gasteiger partial charge in [0, 0.05) is 26.2 Å². The summed E-state index contributed by atoms with van der Waals surface area (Å²) in [7, 11) is -1.52. The van der Waals surface area contributed by atoms with Crippen LogP contribution >= 0.6 is 0 Å². The van der Waals surface area contributed by atoms with Crippen LogP contribution in [0.1, 0.15) is 0 Å². The molecule has 1 aromatic heterocycles. The van der Waals surface area contributed by atoms with Crippen LogP contribution in [0.15, 0.2) is 27.9 Å². The number of nitrogens with one attached hydrogen (secondary N) is 2. The number of aromatic amines is 2. The largest absolute Gasteiger partial charge is 0.323 e. The van der Waals surface area contributed by atoms with Gasteiger partial charge in [-0.15, -0.1) is 0 Å². The zero-order valence-corrected chi connectivity index (χ0v) is 11.9. The highest BCUT2D eigenvalue weighted by molar-refractivity contribution is 7.89. The Hall–Kier alpha value is -1.64. The van der Waals surface area contributed by atoms with Crippen molar-refractivity contribution in [2.24, 2.45) is 0 Å². The van der Waals surface area contributed by atoms with E-state index in [1.807, 2.05) is 7.05 Å². The lowest BCUT2D eigenvalue weighted by Crippen LogP contribution is -2.46. The Morgan fingerprint density at radius 2 is 1.70 bits per heavy atom. The van der Waals surface area contributed by atoms with Gasteiger partial charge >= 0.3 is 5.69 Å². The predicted molar refractivity (Wildman–Crippen MR) is 75.2 cm³/mol. The van der Waals surface area contributed by atoms with Crippen molar-refractivity contribution in [1.29, 1.82) is 0 Å². The van der Waals surface area contributed by atoms with Gasteiger partial charge < -0.3 is 14.9 Å². The molecule has 0 amide bonds. The van der Waals surface area contributed by atoms with Crippen LogP contribution in [0.4, 0.5) is 0 Å². The number of aromatic nitrogens is 2. The molecule has 1 aromatic carbocycles. The van der Waals surface area contributed by atoms with Gasteiger partial charge in [-0.05, 0) is 25.2 Å². The minimum atomic E-state index is -3.50. The van der Waals surface area contributed by atoms with Crippen molar-refractivity contribution in [1.82, 2.24) is 19.2 Å². The smallest absolute Gasteiger partial charge is 0.306 e. The van der Waals surface area contributed by atoms with Crippen molar-refractivity contribution >= 4 is 21.1 Å². The number of rotatable bonds is 2. The molecule has 8 heteroatoms. The van der Waals surface area contributed by atoms with Crippen LogP contribution in [0.5, 0.6) is 0 Å². The molecule has 1 saturated heterocycles. The normalized spacial score (nSPS) is 18.6. The van der Waals surface area contributed by atoms with Crippen LogP contribution in [0, 0.1) is 0 Å². The quantitative estimate of drug-likeness (QED) is 0.802. The summed E-state index contributed by atoms with van der Waals surface area (Å²) in [6, 6.07) is 4.64. The summed E-state index contributed by atoms with van der Waals surface area (Å²) in [5.41, 5.74) is 0.770. The third kappa shape index (κ3) is 2.26. The molecule has 0 spiro atoms. The Morgan fingerprint density at radius 1 is 1.05 bits per heavy atom. The summed E-state index contributed by atoms with van der Waals surface area (Å²) in [4.78, 5) is 18.7. The lowest BCUT2D eigenvalue weighted by Gasteiger charge is -2.31. The third-order valence-electron chi connectivity index (χ3n) is 3.59. The molecule has 20 heavy (non-hydrogen) atoms. The molecule has 0 atom stereocenters. The summed E-state index contributed by atoms with van der Waals surface area (Å²) in [6.07, 6.45) is 0. The lowest BCUT2D eigenvalue weighted by molar-refractivity contribution is 0.222. The van der Waals surface area contributed by atoms with E-state index >= 15 is 0 Å². The van der Waals surface area contributed by atoms with E-state index in [0.717, 1.165) is 13.1 Å². The molecule has 0 radical (unpaired) electrons. The molecule has 108 valence electrons. The maximum absolute atomic E-state index is 12.5. The van der Waals surface area contributed by atoms with Crippen molar-refractivity contribution in [3.05, 3.63) is 28.7 Å². The SMILES string of the molecule is CN1CCN(S(=O)(=O)c2ccc3[nH]c(=O)[nH]c3c2)CC1. The molecule has 2 heterocycles. The van der Waals surface area contributed by atoms with E-state index in [1.54, 1.807) is 6.07 Å². The average molecular weight is 296 g/mol. The van der Waals surface area contributed by atoms with Gasteiger partial charge in [0.05, 0.1) is 15.9 Å². The van der Waals surface area contributed by atoms with Crippen LogP contribution in [0.25, 0.3) is 11.0 Å². The lowest BCUT2D eigenvalue weighted by atomic mass is 10.3. The Balaban J connectivity index is 1.98. The number of likely N-dealkylation sites (N-methyl/N-ethyl adjacent to an activating group) is 1. The zero-order chi connectivity index (χ0) is 14.3. The standard InChI is InChI=1S/C12H16N4O3S/c1-15-4-6-16(7-5-15)20(18,19)9-2-3-10-11(8-9)14-12(17)13-10/h2-3,8H,4-7H2,1H3,(H2,13,14,17). The van der Waals surface area contributed by atoms with Crippen molar-refractivity contribution < 1.29 is 8.42 Å². The van der Waals surface area contributed by atoms with Crippen LogP contribution in [-0.2, 0) is 10.0 Å². The molecular formula is C12H16N4O3S. The van der Waals surface area contributed by atoms with Crippen LogP contribution in [0.3, 0.4) is 0 Å². The Kier molecular flexibility index (Phi) is 3.15. The second-order valence-corrected chi connectivity index (χ2v) is 6.93. The molecule has 0 saturated carbocycles. The maximum Gasteiger partial charge on any atom is 0.323 e. The summed E-state index contributed by atoms with van der Waals surface area (Å²) in [5, 5.41) is 0. The molecular weight excluding hydrogens is 280 g/mol. The molecule has 0 bridgehead atoms. The van der Waals surface area contributed by atoms with Gasteiger partial charge in [0.2, 0.25) is 10.0 Å². The van der Waals surface area contributed by atoms with E-state index in [0.29, 0.717) is 24.1 Å². The molecule has 2 N–H and O–H groups in total. The number of fused-ring (bicyclic) bond motifs is 1. The molecule has 2 aromatic rings. The molecule has 3 rings (SSSR count). The fourth-order valence-electron chi connectivity index (χ4n) is 2.35. The van der Waals surface area contributed by atoms with Gasteiger partial charge in [0.15, 0.2) is 0 Å². The first-order valence-corrected chi connectivity index (χ1v) is 7.81. The zero-order valence-electron chi connectivity index (χ0n) is 11.1. The predicted octanol–water partition coefficient (Wildman–Crippen LogP) is -0.208. The average Bonchev–Trinajstić information content (AvgIpc) is 2.78. The Labute approximate surface area is 116 Å². The van der Waals surface area contributed by atoms with Crippen molar-refractivity contribution in [2.75, 3.05) is 33.2 Å². The highest BCUT2D eigenvalue weighted by atomic mass is 32.2. The van der Waals surface area contributed by atoms with Gasteiger partial charge in [0.25, 0.3) is 0 Å². The maximum atomic E-state index is 12.5. The summed E-state index contributed by atoms with van der Waals surface area (Å²) in [5.74, 6) is 0. The number of sulfonamides is 1. The monoisotopic (exact) mass is 296 g/mol. The van der Waals surface area contributed by atoms with Crippen molar-refractivity contribution in [3.63, 3.8) is 0 Å². The van der Waals surface area contributed by atoms with Gasteiger partial charge in [-0.25, -0.2) is 13.2 Å². The van der Waals surface area contributed by atoms with Gasteiger partial charge in [0.1, 0.15) is 0 Å². The van der Waals surface area contributed by atoms with Crippen molar-refractivity contribution in [2.45, 2.75) is 4.90 Å². The number of imidazole rings is 1. The van der Waals surface area contributed by atoms with E-state index < -0.39 is 10.0 Å². The fourth-order valence-corrected chi connectivity index (χ4v) is 3.80. The number of benzene rings is 1. The van der Waals surface area contributed by atoms with E-state index in [2.05, 4.69) is 14.9 Å². The molecule has 1 aliphatic heterocycles. The molecule has 0 unspecified atom stereocenters. The first kappa shape index (κ1) is 13.3. The van der Waals surface area contributed by atoms with E-state index in [9.17, 15) is 13.2 Å². The number of hydrogen-bond acceptors (Lipinski definition) is 4.